The van der Waals surface area contributed by atoms with E-state index in [1.807, 2.05) is 6.07 Å². The van der Waals surface area contributed by atoms with Gasteiger partial charge in [-0.1, -0.05) is 25.5 Å². The van der Waals surface area contributed by atoms with Gasteiger partial charge in [-0.25, -0.2) is 0 Å². The van der Waals surface area contributed by atoms with Crippen LogP contribution in [-0.4, -0.2) is 35.4 Å². The normalized spacial score (nSPS) is 11.6. The quantitative estimate of drug-likeness (QED) is 0.530. The molecule has 1 rings (SSSR count). The average molecular weight is 310 g/mol. The van der Waals surface area contributed by atoms with Crippen molar-refractivity contribution in [1.29, 1.82) is 0 Å². The van der Waals surface area contributed by atoms with E-state index < -0.39 is 6.10 Å². The van der Waals surface area contributed by atoms with Gasteiger partial charge in [0.2, 0.25) is 0 Å². The second kappa shape index (κ2) is 9.31. The number of ether oxygens (including phenoxy) is 1. The summed E-state index contributed by atoms with van der Waals surface area (Å²) >= 11 is 5.00. The molecule has 0 aliphatic rings. The zero-order chi connectivity index (χ0) is 15.7. The molecule has 1 atom stereocenters. The Kier molecular flexibility index (Phi) is 7.71. The van der Waals surface area contributed by atoms with Crippen LogP contribution < -0.4 is 15.4 Å². The summed E-state index contributed by atoms with van der Waals surface area (Å²) in [5, 5.41) is 14.7. The Hall–Kier alpha value is -1.66. The number of para-hydroxylation sites is 1. The predicted molar refractivity (Wildman–Crippen MR) is 86.6 cm³/mol. The Labute approximate surface area is 130 Å². The Bertz CT molecular complexity index is 478. The van der Waals surface area contributed by atoms with Crippen molar-refractivity contribution in [3.8, 4) is 5.75 Å². The molecule has 5 nitrogen and oxygen atoms in total. The van der Waals surface area contributed by atoms with Crippen LogP contribution in [0.15, 0.2) is 24.3 Å². The molecule has 1 aromatic rings. The monoisotopic (exact) mass is 310 g/mol. The van der Waals surface area contributed by atoms with E-state index in [-0.39, 0.29) is 17.6 Å². The number of hydrogen-bond donors (Lipinski definition) is 3. The maximum atomic E-state index is 12.2. The van der Waals surface area contributed by atoms with Gasteiger partial charge in [0.1, 0.15) is 5.75 Å². The lowest BCUT2D eigenvalue weighted by Gasteiger charge is -2.13. The molecule has 0 fully saturated rings. The van der Waals surface area contributed by atoms with Crippen molar-refractivity contribution in [2.45, 2.75) is 32.8 Å². The fraction of sp³-hybridized carbons (Fsp3) is 0.467. The Morgan fingerprint density at radius 3 is 2.81 bits per heavy atom. The standard InChI is InChI=1S/C15H22N2O3S/c1-3-4-9-20-13-8-6-5-7-12(13)14(19)17-15(21)16-10-11(2)18/h5-8,11,18H,3-4,9-10H2,1-2H3,(H2,16,17,19,21). The molecule has 0 bridgehead atoms. The van der Waals surface area contributed by atoms with Crippen LogP contribution in [0.2, 0.25) is 0 Å². The predicted octanol–water partition coefficient (Wildman–Crippen LogP) is 1.85. The number of carbonyl (C=O) groups is 1. The van der Waals surface area contributed by atoms with Crippen LogP contribution in [0.1, 0.15) is 37.0 Å². The minimum atomic E-state index is -0.537. The molecule has 1 unspecified atom stereocenters. The first-order valence-electron chi connectivity index (χ1n) is 7.03. The summed E-state index contributed by atoms with van der Waals surface area (Å²) < 4.78 is 5.61. The van der Waals surface area contributed by atoms with Gasteiger partial charge in [0.05, 0.1) is 18.3 Å². The van der Waals surface area contributed by atoms with Crippen molar-refractivity contribution in [2.24, 2.45) is 0 Å². The van der Waals surface area contributed by atoms with Gasteiger partial charge in [-0.05, 0) is 37.7 Å². The molecule has 21 heavy (non-hydrogen) atoms. The number of benzene rings is 1. The second-order valence-electron chi connectivity index (χ2n) is 4.71. The fourth-order valence-corrected chi connectivity index (χ4v) is 1.74. The Morgan fingerprint density at radius 2 is 2.14 bits per heavy atom. The summed E-state index contributed by atoms with van der Waals surface area (Å²) in [4.78, 5) is 12.2. The highest BCUT2D eigenvalue weighted by Gasteiger charge is 2.13. The van der Waals surface area contributed by atoms with Gasteiger partial charge in [0.15, 0.2) is 5.11 Å². The third-order valence-corrected chi connectivity index (χ3v) is 2.92. The highest BCUT2D eigenvalue weighted by atomic mass is 32.1. The maximum absolute atomic E-state index is 12.2. The zero-order valence-corrected chi connectivity index (χ0v) is 13.2. The van der Waals surface area contributed by atoms with Gasteiger partial charge in [0, 0.05) is 6.54 Å². The highest BCUT2D eigenvalue weighted by molar-refractivity contribution is 7.80. The molecule has 0 saturated carbocycles. The number of carbonyl (C=O) groups excluding carboxylic acids is 1. The summed E-state index contributed by atoms with van der Waals surface area (Å²) in [6.07, 6.45) is 1.43. The van der Waals surface area contributed by atoms with Crippen LogP contribution in [0.25, 0.3) is 0 Å². The van der Waals surface area contributed by atoms with Gasteiger partial charge in [-0.3, -0.25) is 10.1 Å². The molecule has 1 amide bonds. The van der Waals surface area contributed by atoms with Crippen molar-refractivity contribution in [1.82, 2.24) is 10.6 Å². The van der Waals surface area contributed by atoms with E-state index in [2.05, 4.69) is 17.6 Å². The number of rotatable bonds is 7. The lowest BCUT2D eigenvalue weighted by atomic mass is 10.2. The van der Waals surface area contributed by atoms with E-state index in [1.165, 1.54) is 0 Å². The summed E-state index contributed by atoms with van der Waals surface area (Å²) in [6.45, 7) is 4.57. The molecule has 1 aromatic carbocycles. The number of nitrogens with one attached hydrogen (secondary N) is 2. The molecule has 0 heterocycles. The summed E-state index contributed by atoms with van der Waals surface area (Å²) in [5.41, 5.74) is 0.440. The maximum Gasteiger partial charge on any atom is 0.261 e. The van der Waals surface area contributed by atoms with Crippen LogP contribution in [0, 0.1) is 0 Å². The molecule has 6 heteroatoms. The van der Waals surface area contributed by atoms with Gasteiger partial charge in [0.25, 0.3) is 5.91 Å². The van der Waals surface area contributed by atoms with Crippen LogP contribution in [0.4, 0.5) is 0 Å². The second-order valence-corrected chi connectivity index (χ2v) is 5.12. The van der Waals surface area contributed by atoms with E-state index in [9.17, 15) is 4.79 Å². The van der Waals surface area contributed by atoms with Gasteiger partial charge in [-0.2, -0.15) is 0 Å². The molecule has 0 aliphatic heterocycles. The van der Waals surface area contributed by atoms with E-state index in [0.29, 0.717) is 17.9 Å². The number of aliphatic hydroxyl groups is 1. The molecule has 0 radical (unpaired) electrons. The summed E-state index contributed by atoms with van der Waals surface area (Å²) in [5.74, 6) is 0.215. The molecule has 3 N–H and O–H groups in total. The van der Waals surface area contributed by atoms with Gasteiger partial charge in [-0.15, -0.1) is 0 Å². The van der Waals surface area contributed by atoms with Crippen molar-refractivity contribution < 1.29 is 14.6 Å². The number of thiocarbonyl (C=S) groups is 1. The molecule has 0 aliphatic carbocycles. The molecule has 0 spiro atoms. The van der Waals surface area contributed by atoms with Crippen LogP contribution in [0.5, 0.6) is 5.75 Å². The van der Waals surface area contributed by atoms with Gasteiger partial charge < -0.3 is 15.2 Å². The Morgan fingerprint density at radius 1 is 1.43 bits per heavy atom. The number of unbranched alkanes of at least 4 members (excludes halogenated alkanes) is 1. The van der Waals surface area contributed by atoms with Gasteiger partial charge >= 0.3 is 0 Å². The third kappa shape index (κ3) is 6.55. The van der Waals surface area contributed by atoms with E-state index in [4.69, 9.17) is 22.1 Å². The van der Waals surface area contributed by atoms with Crippen LogP contribution >= 0.6 is 12.2 Å². The van der Waals surface area contributed by atoms with Crippen molar-refractivity contribution in [2.75, 3.05) is 13.2 Å². The van der Waals surface area contributed by atoms with E-state index >= 15 is 0 Å². The van der Waals surface area contributed by atoms with E-state index in [0.717, 1.165) is 12.8 Å². The first-order valence-corrected chi connectivity index (χ1v) is 7.44. The van der Waals surface area contributed by atoms with Crippen molar-refractivity contribution in [3.63, 3.8) is 0 Å². The Balaban J connectivity index is 2.62. The van der Waals surface area contributed by atoms with Crippen molar-refractivity contribution in [3.05, 3.63) is 29.8 Å². The highest BCUT2D eigenvalue weighted by Crippen LogP contribution is 2.18. The van der Waals surface area contributed by atoms with Crippen LogP contribution in [-0.2, 0) is 0 Å². The molecular weight excluding hydrogens is 288 g/mol. The topological polar surface area (TPSA) is 70.6 Å². The van der Waals surface area contributed by atoms with Crippen LogP contribution in [0.3, 0.4) is 0 Å². The first-order chi connectivity index (χ1) is 10.0. The molecular formula is C15H22N2O3S. The number of hydrogen-bond acceptors (Lipinski definition) is 4. The van der Waals surface area contributed by atoms with E-state index in [1.54, 1.807) is 25.1 Å². The minimum absolute atomic E-state index is 0.185. The zero-order valence-electron chi connectivity index (χ0n) is 12.4. The fourth-order valence-electron chi connectivity index (χ4n) is 1.56. The molecule has 0 saturated heterocycles. The van der Waals surface area contributed by atoms with Crippen molar-refractivity contribution >= 4 is 23.2 Å². The largest absolute Gasteiger partial charge is 0.493 e. The third-order valence-electron chi connectivity index (χ3n) is 2.67. The number of amides is 1. The summed E-state index contributed by atoms with van der Waals surface area (Å²) in [6, 6.07) is 7.04. The minimum Gasteiger partial charge on any atom is -0.493 e. The first kappa shape index (κ1) is 17.4. The molecule has 0 aromatic heterocycles. The lowest BCUT2D eigenvalue weighted by Crippen LogP contribution is -2.41. The smallest absolute Gasteiger partial charge is 0.261 e. The summed E-state index contributed by atoms with van der Waals surface area (Å²) in [7, 11) is 0. The molecule has 116 valence electrons. The number of aliphatic hydroxyl groups excluding tert-OH is 1. The lowest BCUT2D eigenvalue weighted by molar-refractivity contribution is 0.0972. The average Bonchev–Trinajstić information content (AvgIpc) is 2.46. The SMILES string of the molecule is CCCCOc1ccccc1C(=O)NC(=S)NCC(C)O.